The van der Waals surface area contributed by atoms with Crippen LogP contribution in [0.25, 0.3) is 0 Å². The molecule has 0 fully saturated rings. The number of hydrogen-bond donors (Lipinski definition) is 1. The van der Waals surface area contributed by atoms with Crippen molar-refractivity contribution in [3.63, 3.8) is 0 Å². The number of rotatable bonds is 7. The summed E-state index contributed by atoms with van der Waals surface area (Å²) >= 11 is 1.75. The van der Waals surface area contributed by atoms with Gasteiger partial charge in [-0.15, -0.1) is 11.8 Å². The van der Waals surface area contributed by atoms with Crippen molar-refractivity contribution in [2.24, 2.45) is 0 Å². The first kappa shape index (κ1) is 19.9. The van der Waals surface area contributed by atoms with E-state index >= 15 is 0 Å². The van der Waals surface area contributed by atoms with Crippen LogP contribution in [0.15, 0.2) is 114 Å². The van der Waals surface area contributed by atoms with Gasteiger partial charge in [0.1, 0.15) is 0 Å². The Balaban J connectivity index is 1.46. The van der Waals surface area contributed by atoms with Crippen LogP contribution in [0.5, 0.6) is 0 Å². The highest BCUT2D eigenvalue weighted by Crippen LogP contribution is 2.28. The van der Waals surface area contributed by atoms with Crippen molar-refractivity contribution in [2.75, 3.05) is 5.32 Å². The summed E-state index contributed by atoms with van der Waals surface area (Å²) in [5.41, 5.74) is 3.94. The van der Waals surface area contributed by atoms with Gasteiger partial charge < -0.3 is 5.32 Å². The Morgan fingerprint density at radius 3 is 2.00 bits per heavy atom. The molecule has 4 heteroatoms. The van der Waals surface area contributed by atoms with Gasteiger partial charge in [-0.05, 0) is 47.0 Å². The first-order valence-electron chi connectivity index (χ1n) is 9.82. The lowest BCUT2D eigenvalue weighted by Crippen LogP contribution is -2.22. The second-order valence-electron chi connectivity index (χ2n) is 6.92. The fraction of sp³-hybridized carbons (Fsp3) is 0.0769. The van der Waals surface area contributed by atoms with Crippen molar-refractivity contribution in [1.82, 2.24) is 4.98 Å². The molecule has 1 aromatic heterocycles. The fourth-order valence-electron chi connectivity index (χ4n) is 3.29. The predicted octanol–water partition coefficient (Wildman–Crippen LogP) is 6.14. The third-order valence-electron chi connectivity index (χ3n) is 4.78. The minimum atomic E-state index is -0.355. The van der Waals surface area contributed by atoms with Crippen LogP contribution in [0.4, 0.5) is 5.69 Å². The summed E-state index contributed by atoms with van der Waals surface area (Å²) in [6, 6.07) is 31.8. The van der Waals surface area contributed by atoms with E-state index in [1.807, 2.05) is 97.2 Å². The lowest BCUT2D eigenvalue weighted by atomic mass is 9.90. The monoisotopic (exact) mass is 410 g/mol. The van der Waals surface area contributed by atoms with Crippen molar-refractivity contribution in [3.05, 3.63) is 126 Å². The van der Waals surface area contributed by atoms with Gasteiger partial charge in [0.05, 0.1) is 5.92 Å². The first-order valence-corrected chi connectivity index (χ1v) is 10.8. The number of hydrogen-bond acceptors (Lipinski definition) is 3. The van der Waals surface area contributed by atoms with Crippen LogP contribution in [-0.4, -0.2) is 10.9 Å². The summed E-state index contributed by atoms with van der Waals surface area (Å²) in [6.45, 7) is 0. The highest BCUT2D eigenvalue weighted by Gasteiger charge is 2.22. The van der Waals surface area contributed by atoms with Gasteiger partial charge in [0, 0.05) is 28.7 Å². The fourth-order valence-corrected chi connectivity index (χ4v) is 4.12. The Labute approximate surface area is 181 Å². The molecule has 1 N–H and O–H groups in total. The van der Waals surface area contributed by atoms with Crippen molar-refractivity contribution >= 4 is 23.4 Å². The molecule has 0 saturated heterocycles. The van der Waals surface area contributed by atoms with E-state index in [9.17, 15) is 4.79 Å². The minimum absolute atomic E-state index is 0.0387. The third kappa shape index (κ3) is 5.16. The number of anilines is 1. The predicted molar refractivity (Wildman–Crippen MR) is 124 cm³/mol. The van der Waals surface area contributed by atoms with E-state index in [0.29, 0.717) is 0 Å². The van der Waals surface area contributed by atoms with Crippen molar-refractivity contribution in [3.8, 4) is 0 Å². The van der Waals surface area contributed by atoms with Crippen molar-refractivity contribution in [1.29, 1.82) is 0 Å². The summed E-state index contributed by atoms with van der Waals surface area (Å²) < 4.78 is 0. The highest BCUT2D eigenvalue weighted by molar-refractivity contribution is 7.98. The Bertz CT molecular complexity index is 1030. The van der Waals surface area contributed by atoms with Crippen LogP contribution in [0.1, 0.15) is 22.6 Å². The Kier molecular flexibility index (Phi) is 6.58. The average Bonchev–Trinajstić information content (AvgIpc) is 2.81. The maximum absolute atomic E-state index is 13.2. The SMILES string of the molecule is O=C(Nc1ccc(SCc2cccnc2)cc1)C(c1ccccc1)c1ccccc1. The van der Waals surface area contributed by atoms with Gasteiger partial charge in [-0.1, -0.05) is 66.7 Å². The molecule has 148 valence electrons. The third-order valence-corrected chi connectivity index (χ3v) is 5.86. The zero-order valence-electron chi connectivity index (χ0n) is 16.4. The van der Waals surface area contributed by atoms with E-state index in [1.54, 1.807) is 18.0 Å². The molecule has 3 aromatic carbocycles. The van der Waals surface area contributed by atoms with Gasteiger partial charge in [-0.3, -0.25) is 9.78 Å². The Morgan fingerprint density at radius 2 is 1.43 bits per heavy atom. The van der Waals surface area contributed by atoms with Crippen molar-refractivity contribution < 1.29 is 4.79 Å². The average molecular weight is 411 g/mol. The second-order valence-corrected chi connectivity index (χ2v) is 7.97. The molecule has 0 atom stereocenters. The number of amides is 1. The molecule has 0 spiro atoms. The van der Waals surface area contributed by atoms with E-state index in [1.165, 1.54) is 5.56 Å². The molecule has 0 aliphatic carbocycles. The molecule has 0 bridgehead atoms. The van der Waals surface area contributed by atoms with E-state index in [4.69, 9.17) is 0 Å². The topological polar surface area (TPSA) is 42.0 Å². The summed E-state index contributed by atoms with van der Waals surface area (Å²) in [5, 5.41) is 3.08. The zero-order valence-corrected chi connectivity index (χ0v) is 17.3. The van der Waals surface area contributed by atoms with Crippen LogP contribution in [0, 0.1) is 0 Å². The molecule has 0 aliphatic heterocycles. The largest absolute Gasteiger partial charge is 0.325 e. The van der Waals surface area contributed by atoms with Gasteiger partial charge in [0.2, 0.25) is 5.91 Å². The number of nitrogens with one attached hydrogen (secondary N) is 1. The summed E-state index contributed by atoms with van der Waals surface area (Å²) in [4.78, 5) is 18.5. The Hall–Kier alpha value is -3.37. The maximum Gasteiger partial charge on any atom is 0.236 e. The number of carbonyl (C=O) groups excluding carboxylic acids is 1. The van der Waals surface area contributed by atoms with Gasteiger partial charge in [0.15, 0.2) is 0 Å². The van der Waals surface area contributed by atoms with E-state index in [0.717, 1.165) is 27.5 Å². The normalized spacial score (nSPS) is 10.7. The number of carbonyl (C=O) groups is 1. The quantitative estimate of drug-likeness (QED) is 0.372. The molecule has 1 amide bonds. The van der Waals surface area contributed by atoms with Crippen LogP contribution in [0.3, 0.4) is 0 Å². The lowest BCUT2D eigenvalue weighted by molar-refractivity contribution is -0.116. The lowest BCUT2D eigenvalue weighted by Gasteiger charge is -2.18. The molecule has 0 saturated carbocycles. The van der Waals surface area contributed by atoms with Crippen LogP contribution in [-0.2, 0) is 10.5 Å². The molecule has 4 aromatic rings. The van der Waals surface area contributed by atoms with E-state index < -0.39 is 0 Å². The smallest absolute Gasteiger partial charge is 0.236 e. The Morgan fingerprint density at radius 1 is 0.800 bits per heavy atom. The van der Waals surface area contributed by atoms with Crippen LogP contribution in [0.2, 0.25) is 0 Å². The summed E-state index contributed by atoms with van der Waals surface area (Å²) in [6.07, 6.45) is 3.67. The van der Waals surface area contributed by atoms with Gasteiger partial charge in [0.25, 0.3) is 0 Å². The summed E-state index contributed by atoms with van der Waals surface area (Å²) in [7, 11) is 0. The van der Waals surface area contributed by atoms with Crippen LogP contribution >= 0.6 is 11.8 Å². The maximum atomic E-state index is 13.2. The zero-order chi connectivity index (χ0) is 20.6. The molecule has 0 unspecified atom stereocenters. The van der Waals surface area contributed by atoms with E-state index in [-0.39, 0.29) is 11.8 Å². The number of benzene rings is 3. The molecular weight excluding hydrogens is 388 g/mol. The molecule has 0 aliphatic rings. The summed E-state index contributed by atoms with van der Waals surface area (Å²) in [5.74, 6) is 0.471. The minimum Gasteiger partial charge on any atom is -0.325 e. The van der Waals surface area contributed by atoms with E-state index in [2.05, 4.69) is 16.4 Å². The first-order chi connectivity index (χ1) is 14.8. The van der Waals surface area contributed by atoms with Gasteiger partial charge >= 0.3 is 0 Å². The molecule has 30 heavy (non-hydrogen) atoms. The van der Waals surface area contributed by atoms with Crippen LogP contribution < -0.4 is 5.32 Å². The highest BCUT2D eigenvalue weighted by atomic mass is 32.2. The molecule has 1 heterocycles. The number of nitrogens with zero attached hydrogens (tertiary/aromatic N) is 1. The number of aromatic nitrogens is 1. The van der Waals surface area contributed by atoms with Gasteiger partial charge in [-0.2, -0.15) is 0 Å². The molecule has 0 radical (unpaired) electrons. The molecule has 3 nitrogen and oxygen atoms in total. The van der Waals surface area contributed by atoms with Gasteiger partial charge in [-0.25, -0.2) is 0 Å². The standard InChI is InChI=1S/C26H22N2OS/c29-26(25(21-9-3-1-4-10-21)22-11-5-2-6-12-22)28-23-13-15-24(16-14-23)30-19-20-8-7-17-27-18-20/h1-18,25H,19H2,(H,28,29). The molecule has 4 rings (SSSR count). The second kappa shape index (κ2) is 9.90. The number of pyridine rings is 1. The molecular formula is C26H22N2OS. The number of thioether (sulfide) groups is 1. The van der Waals surface area contributed by atoms with Crippen molar-refractivity contribution in [2.45, 2.75) is 16.6 Å².